The molecule has 0 amide bonds. The number of rotatable bonds is 6. The maximum absolute atomic E-state index is 12.1. The molecule has 0 aliphatic rings. The molecular formula is C13H14N4O4S. The monoisotopic (exact) mass is 322 g/mol. The van der Waals surface area contributed by atoms with Crippen LogP contribution >= 0.6 is 0 Å². The Morgan fingerprint density at radius 3 is 2.36 bits per heavy atom. The lowest BCUT2D eigenvalue weighted by atomic mass is 10.1. The van der Waals surface area contributed by atoms with Crippen molar-refractivity contribution in [2.24, 2.45) is 5.73 Å². The van der Waals surface area contributed by atoms with E-state index in [0.29, 0.717) is 5.56 Å². The summed E-state index contributed by atoms with van der Waals surface area (Å²) in [5, 5.41) is 8.67. The van der Waals surface area contributed by atoms with Gasteiger partial charge in [-0.25, -0.2) is 23.1 Å². The van der Waals surface area contributed by atoms with Crippen molar-refractivity contribution >= 4 is 21.9 Å². The minimum absolute atomic E-state index is 0.0882. The summed E-state index contributed by atoms with van der Waals surface area (Å²) in [6.45, 7) is 0. The molecule has 8 nitrogen and oxygen atoms in total. The Morgan fingerprint density at radius 2 is 1.82 bits per heavy atom. The first-order chi connectivity index (χ1) is 10.4. The minimum Gasteiger partial charge on any atom is -0.481 e. The molecule has 2 aromatic rings. The predicted octanol–water partition coefficient (Wildman–Crippen LogP) is 0.752. The number of hydrogen-bond acceptors (Lipinski definition) is 6. The van der Waals surface area contributed by atoms with E-state index in [1.165, 1.54) is 24.5 Å². The number of aromatic nitrogens is 2. The van der Waals surface area contributed by atoms with Gasteiger partial charge in [-0.1, -0.05) is 18.2 Å². The normalized spacial score (nSPS) is 12.6. The fourth-order valence-corrected chi connectivity index (χ4v) is 2.65. The average molecular weight is 322 g/mol. The third-order valence-electron chi connectivity index (χ3n) is 2.77. The number of carboxylic acid groups (broad SMARTS) is 1. The number of nitrogens with two attached hydrogens (primary N) is 1. The average Bonchev–Trinajstić information content (AvgIpc) is 2.48. The van der Waals surface area contributed by atoms with Gasteiger partial charge in [0.05, 0.1) is 11.3 Å². The summed E-state index contributed by atoms with van der Waals surface area (Å²) in [6, 6.07) is 7.04. The SMILES string of the molecule is N[C@@H](CC(=O)O)c1cnc(NS(=O)(=O)c2ccccc2)nc1. The number of carbonyl (C=O) groups is 1. The number of aliphatic carboxylic acids is 1. The quantitative estimate of drug-likeness (QED) is 0.714. The molecule has 0 radical (unpaired) electrons. The smallest absolute Gasteiger partial charge is 0.305 e. The van der Waals surface area contributed by atoms with Crippen LogP contribution in [0.15, 0.2) is 47.6 Å². The second-order valence-electron chi connectivity index (χ2n) is 4.46. The zero-order chi connectivity index (χ0) is 16.2. The molecule has 1 aromatic carbocycles. The van der Waals surface area contributed by atoms with E-state index < -0.39 is 22.0 Å². The van der Waals surface area contributed by atoms with Gasteiger partial charge in [-0.2, -0.15) is 0 Å². The Kier molecular flexibility index (Phi) is 4.68. The Balaban J connectivity index is 2.13. The zero-order valence-corrected chi connectivity index (χ0v) is 12.2. The van der Waals surface area contributed by atoms with Gasteiger partial charge in [-0.05, 0) is 12.1 Å². The Morgan fingerprint density at radius 1 is 1.23 bits per heavy atom. The second kappa shape index (κ2) is 6.50. The van der Waals surface area contributed by atoms with Crippen LogP contribution in [-0.2, 0) is 14.8 Å². The van der Waals surface area contributed by atoms with Crippen molar-refractivity contribution in [2.45, 2.75) is 17.4 Å². The van der Waals surface area contributed by atoms with Gasteiger partial charge in [-0.15, -0.1) is 0 Å². The number of benzene rings is 1. The summed E-state index contributed by atoms with van der Waals surface area (Å²) in [6.07, 6.45) is 2.32. The number of carboxylic acids is 1. The molecule has 0 aliphatic carbocycles. The summed E-state index contributed by atoms with van der Waals surface area (Å²) in [5.74, 6) is -1.16. The van der Waals surface area contributed by atoms with E-state index in [-0.39, 0.29) is 17.3 Å². The van der Waals surface area contributed by atoms with E-state index in [0.717, 1.165) is 0 Å². The van der Waals surface area contributed by atoms with Crippen molar-refractivity contribution in [3.8, 4) is 0 Å². The molecule has 0 saturated carbocycles. The van der Waals surface area contributed by atoms with Crippen LogP contribution in [0, 0.1) is 0 Å². The van der Waals surface area contributed by atoms with Crippen molar-refractivity contribution in [2.75, 3.05) is 4.72 Å². The van der Waals surface area contributed by atoms with E-state index in [9.17, 15) is 13.2 Å². The summed E-state index contributed by atoms with van der Waals surface area (Å²) in [4.78, 5) is 18.4. The van der Waals surface area contributed by atoms with Gasteiger partial charge in [-0.3, -0.25) is 4.79 Å². The van der Waals surface area contributed by atoms with Crippen molar-refractivity contribution in [1.82, 2.24) is 9.97 Å². The molecule has 1 heterocycles. The molecule has 0 bridgehead atoms. The predicted molar refractivity (Wildman–Crippen MR) is 78.5 cm³/mol. The Bertz CT molecular complexity index is 747. The highest BCUT2D eigenvalue weighted by Gasteiger charge is 2.16. The molecule has 4 N–H and O–H groups in total. The number of anilines is 1. The molecule has 116 valence electrons. The fraction of sp³-hybridized carbons (Fsp3) is 0.154. The van der Waals surface area contributed by atoms with Crippen LogP contribution in [0.3, 0.4) is 0 Å². The summed E-state index contributed by atoms with van der Waals surface area (Å²) < 4.78 is 26.4. The lowest BCUT2D eigenvalue weighted by molar-refractivity contribution is -0.137. The van der Waals surface area contributed by atoms with Gasteiger partial charge in [0.25, 0.3) is 10.0 Å². The van der Waals surface area contributed by atoms with Crippen LogP contribution in [0.2, 0.25) is 0 Å². The highest BCUT2D eigenvalue weighted by Crippen LogP contribution is 2.15. The first kappa shape index (κ1) is 15.9. The molecule has 0 unspecified atom stereocenters. The van der Waals surface area contributed by atoms with Crippen LogP contribution in [-0.4, -0.2) is 29.5 Å². The highest BCUT2D eigenvalue weighted by atomic mass is 32.2. The minimum atomic E-state index is -3.77. The van der Waals surface area contributed by atoms with Crippen LogP contribution < -0.4 is 10.5 Å². The largest absolute Gasteiger partial charge is 0.481 e. The molecule has 1 atom stereocenters. The van der Waals surface area contributed by atoms with Gasteiger partial charge < -0.3 is 10.8 Å². The molecular weight excluding hydrogens is 308 g/mol. The zero-order valence-electron chi connectivity index (χ0n) is 11.4. The van der Waals surface area contributed by atoms with Gasteiger partial charge in [0.15, 0.2) is 0 Å². The Labute approximate surface area is 127 Å². The van der Waals surface area contributed by atoms with Crippen LogP contribution in [0.5, 0.6) is 0 Å². The van der Waals surface area contributed by atoms with Crippen LogP contribution in [0.4, 0.5) is 5.95 Å². The molecule has 22 heavy (non-hydrogen) atoms. The van der Waals surface area contributed by atoms with Crippen LogP contribution in [0.1, 0.15) is 18.0 Å². The number of sulfonamides is 1. The summed E-state index contributed by atoms with van der Waals surface area (Å²) in [5.41, 5.74) is 6.07. The molecule has 2 rings (SSSR count). The highest BCUT2D eigenvalue weighted by molar-refractivity contribution is 7.92. The number of nitrogens with one attached hydrogen (secondary N) is 1. The number of hydrogen-bond donors (Lipinski definition) is 3. The summed E-state index contributed by atoms with van der Waals surface area (Å²) in [7, 11) is -3.77. The maximum atomic E-state index is 12.1. The molecule has 1 aromatic heterocycles. The van der Waals surface area contributed by atoms with Crippen molar-refractivity contribution in [3.63, 3.8) is 0 Å². The van der Waals surface area contributed by atoms with Crippen molar-refractivity contribution < 1.29 is 18.3 Å². The van der Waals surface area contributed by atoms with E-state index in [1.54, 1.807) is 18.2 Å². The lowest BCUT2D eigenvalue weighted by Gasteiger charge is -2.10. The van der Waals surface area contributed by atoms with E-state index in [4.69, 9.17) is 10.8 Å². The fourth-order valence-electron chi connectivity index (χ4n) is 1.67. The molecule has 0 aliphatic heterocycles. The Hall–Kier alpha value is -2.52. The first-order valence-corrected chi connectivity index (χ1v) is 7.74. The van der Waals surface area contributed by atoms with E-state index >= 15 is 0 Å². The molecule has 0 fully saturated rings. The topological polar surface area (TPSA) is 135 Å². The van der Waals surface area contributed by atoms with E-state index in [1.807, 2.05) is 0 Å². The van der Waals surface area contributed by atoms with Gasteiger partial charge in [0, 0.05) is 24.0 Å². The second-order valence-corrected chi connectivity index (χ2v) is 6.15. The third-order valence-corrected chi connectivity index (χ3v) is 4.12. The molecule has 9 heteroatoms. The van der Waals surface area contributed by atoms with E-state index in [2.05, 4.69) is 14.7 Å². The molecule has 0 spiro atoms. The van der Waals surface area contributed by atoms with Crippen molar-refractivity contribution in [1.29, 1.82) is 0 Å². The van der Waals surface area contributed by atoms with Gasteiger partial charge >= 0.3 is 5.97 Å². The van der Waals surface area contributed by atoms with Crippen LogP contribution in [0.25, 0.3) is 0 Å². The third kappa shape index (κ3) is 3.99. The van der Waals surface area contributed by atoms with Gasteiger partial charge in [0.1, 0.15) is 0 Å². The maximum Gasteiger partial charge on any atom is 0.305 e. The standard InChI is InChI=1S/C13H14N4O4S/c14-11(6-12(18)19)9-7-15-13(16-8-9)17-22(20,21)10-4-2-1-3-5-10/h1-5,7-8,11H,6,14H2,(H,18,19)(H,15,16,17)/t11-/m0/s1. The van der Waals surface area contributed by atoms with Gasteiger partial charge in [0.2, 0.25) is 5.95 Å². The first-order valence-electron chi connectivity index (χ1n) is 6.25. The molecule has 0 saturated heterocycles. The summed E-state index contributed by atoms with van der Waals surface area (Å²) >= 11 is 0. The van der Waals surface area contributed by atoms with Crippen molar-refractivity contribution in [3.05, 3.63) is 48.3 Å². The number of nitrogens with zero attached hydrogens (tertiary/aromatic N) is 2. The lowest BCUT2D eigenvalue weighted by Crippen LogP contribution is -2.17.